The van der Waals surface area contributed by atoms with Gasteiger partial charge >= 0.3 is 205 Å². The Morgan fingerprint density at radius 3 is 1.46 bits per heavy atom. The van der Waals surface area contributed by atoms with Crippen molar-refractivity contribution in [2.24, 2.45) is 0 Å². The number of fused-ring (bicyclic) bond motifs is 10. The Hall–Kier alpha value is -0.181. The van der Waals surface area contributed by atoms with Crippen LogP contribution in [0, 0.1) is 0 Å². The van der Waals surface area contributed by atoms with Gasteiger partial charge in [0.2, 0.25) is 0 Å². The zero-order chi connectivity index (χ0) is 23.9. The Morgan fingerprint density at radius 1 is 0.686 bits per heavy atom. The van der Waals surface area contributed by atoms with E-state index in [0.717, 1.165) is 12.4 Å². The van der Waals surface area contributed by atoms with Crippen LogP contribution < -0.4 is 10.6 Å². The molecule has 35 heavy (non-hydrogen) atoms. The van der Waals surface area contributed by atoms with Crippen molar-refractivity contribution in [2.75, 3.05) is 0 Å². The summed E-state index contributed by atoms with van der Waals surface area (Å²) in [5.74, 6) is 0. The molecule has 10 heterocycles. The Kier molecular flexibility index (Phi) is 1.40. The second-order valence-electron chi connectivity index (χ2n) is 17.9. The topological polar surface area (TPSA) is 0 Å². The van der Waals surface area contributed by atoms with Crippen LogP contribution in [0.5, 0.6) is 0 Å². The van der Waals surface area contributed by atoms with Gasteiger partial charge in [0, 0.05) is 0 Å². The molecule has 0 aromatic heterocycles. The first kappa shape index (κ1) is 19.0. The van der Waals surface area contributed by atoms with Crippen LogP contribution in [-0.2, 0) is 6.51 Å². The molecule has 2 aromatic rings. The predicted molar refractivity (Wildman–Crippen MR) is 150 cm³/mol. The van der Waals surface area contributed by atoms with Crippen LogP contribution in [0.25, 0.3) is 0 Å². The third-order valence-corrected chi connectivity index (χ3v) is 78.8. The van der Waals surface area contributed by atoms with E-state index in [1.165, 1.54) is 33.7 Å². The van der Waals surface area contributed by atoms with Crippen molar-refractivity contribution < 1.29 is 6.51 Å². The molecule has 12 rings (SSSR count). The molecule has 1 spiro atoms. The molecule has 0 amide bonds. The van der Waals surface area contributed by atoms with Crippen LogP contribution in [0.4, 0.5) is 0 Å². The van der Waals surface area contributed by atoms with Crippen LogP contribution in [-0.4, -0.2) is 18.4 Å². The summed E-state index contributed by atoms with van der Waals surface area (Å²) < 4.78 is 2.57. The Labute approximate surface area is 204 Å². The molecule has 0 bridgehead atoms. The van der Waals surface area contributed by atoms with Crippen molar-refractivity contribution in [3.8, 4) is 0 Å². The van der Waals surface area contributed by atoms with Crippen LogP contribution in [0.1, 0.15) is 54.9 Å². The van der Waals surface area contributed by atoms with Gasteiger partial charge in [-0.25, -0.2) is 0 Å². The molecule has 3 heteroatoms. The number of rotatable bonds is 5. The molecule has 2 aromatic carbocycles. The fourth-order valence-electron chi connectivity index (χ4n) is 23.0. The summed E-state index contributed by atoms with van der Waals surface area (Å²) in [5.41, 5.74) is 0. The summed E-state index contributed by atoms with van der Waals surface area (Å²) in [6, 6.07) is 24.3. The molecule has 10 fully saturated rings. The fraction of sp³-hybridized carbons (Fsp3) is 0.625. The number of hydrogen-bond acceptors (Lipinski definition) is 0. The van der Waals surface area contributed by atoms with Crippen molar-refractivity contribution in [3.05, 3.63) is 60.7 Å². The minimum absolute atomic E-state index is 0.0601. The van der Waals surface area contributed by atoms with Gasteiger partial charge in [-0.1, -0.05) is 0 Å². The van der Waals surface area contributed by atoms with E-state index in [9.17, 15) is 0 Å². The average molecular weight is 542 g/mol. The Morgan fingerprint density at radius 2 is 1.11 bits per heavy atom. The van der Waals surface area contributed by atoms with Crippen molar-refractivity contribution in [2.45, 2.75) is 111 Å². The summed E-state index contributed by atoms with van der Waals surface area (Å²) in [5, 5.41) is 4.42. The van der Waals surface area contributed by atoms with Crippen molar-refractivity contribution >= 4 is 26.5 Å². The zero-order valence-corrected chi connectivity index (χ0v) is 25.2. The molecule has 0 N–H and O–H groups in total. The molecular weight excluding hydrogens is 502 g/mol. The summed E-state index contributed by atoms with van der Waals surface area (Å²) in [6.45, 7) is 15.0. The van der Waals surface area contributed by atoms with E-state index >= 15 is 0 Å². The van der Waals surface area contributed by atoms with Crippen LogP contribution in [0.3, 0.4) is 0 Å². The summed E-state index contributed by atoms with van der Waals surface area (Å²) >= 11 is 0. The second-order valence-corrected chi connectivity index (χ2v) is 48.2. The van der Waals surface area contributed by atoms with E-state index in [1.54, 1.807) is 17.0 Å². The van der Waals surface area contributed by atoms with E-state index in [1.807, 2.05) is 0 Å². The Bertz CT molecular complexity index is 1760. The third-order valence-electron chi connectivity index (χ3n) is 19.7. The van der Waals surface area contributed by atoms with Crippen molar-refractivity contribution in [3.63, 3.8) is 0 Å². The molecule has 10 aliphatic heterocycles. The average Bonchev–Trinajstić information content (AvgIpc) is 3.75. The van der Waals surface area contributed by atoms with Gasteiger partial charge in [-0.05, 0) is 0 Å². The first-order chi connectivity index (χ1) is 16.3. The van der Waals surface area contributed by atoms with Gasteiger partial charge in [0.05, 0.1) is 0 Å². The molecule has 10 saturated heterocycles. The molecule has 10 aliphatic rings. The maximum atomic E-state index is 2.71. The summed E-state index contributed by atoms with van der Waals surface area (Å²) in [7, 11) is -0.325. The monoisotopic (exact) mass is 542 g/mol. The minimum atomic E-state index is -3.86. The first-order valence-electron chi connectivity index (χ1n) is 14.3. The van der Waals surface area contributed by atoms with E-state index < -0.39 is 6.51 Å². The van der Waals surface area contributed by atoms with Gasteiger partial charge in [0.15, 0.2) is 0 Å². The van der Waals surface area contributed by atoms with Gasteiger partial charge in [0.1, 0.15) is 0 Å². The normalized spacial score (nSPS) is 69.5. The molecule has 5 unspecified atom stereocenters. The van der Waals surface area contributed by atoms with Gasteiger partial charge < -0.3 is 0 Å². The maximum absolute atomic E-state index is 3.86. The van der Waals surface area contributed by atoms with Gasteiger partial charge in [-0.15, -0.1) is 0 Å². The predicted octanol–water partition coefficient (Wildman–Crippen LogP) is 9.18. The fourth-order valence-corrected chi connectivity index (χ4v) is 135. The molecular formula is C32H40FeP2. The number of hydrogen-bond donors (Lipinski definition) is 0. The summed E-state index contributed by atoms with van der Waals surface area (Å²) in [6.07, 6.45) is 1.58. The van der Waals surface area contributed by atoms with Gasteiger partial charge in [0.25, 0.3) is 0 Å². The van der Waals surface area contributed by atoms with Crippen LogP contribution in [0.2, 0.25) is 38.0 Å². The third kappa shape index (κ3) is 0.402. The Balaban J connectivity index is 1.29. The summed E-state index contributed by atoms with van der Waals surface area (Å²) in [4.78, 5) is 9.28. The molecule has 0 aliphatic carbocycles. The zero-order valence-electron chi connectivity index (χ0n) is 22.3. The van der Waals surface area contributed by atoms with Crippen LogP contribution >= 0.6 is 15.8 Å². The molecule has 0 radical (unpaired) electrons. The van der Waals surface area contributed by atoms with Gasteiger partial charge in [-0.3, -0.25) is 0 Å². The molecule has 0 nitrogen and oxygen atoms in total. The quantitative estimate of drug-likeness (QED) is 0.261. The van der Waals surface area contributed by atoms with Crippen LogP contribution in [0.15, 0.2) is 60.7 Å². The first-order valence-corrected chi connectivity index (χ1v) is 23.1. The molecule has 5 atom stereocenters. The van der Waals surface area contributed by atoms with E-state index in [2.05, 4.69) is 109 Å². The second kappa shape index (κ2) is 2.58. The SMILES string of the molecule is CC[C]12[CH]3[CH]4[C]5(P(c6ccccc6)c6ccccc6)[C]1(P(C(C)(C)C)C(C)(C)C)[Fe]34251678[CH]2[CH]1[CH]6[CH]7[CH]28. The van der Waals surface area contributed by atoms with Crippen molar-refractivity contribution in [1.29, 1.82) is 0 Å². The molecule has 0 saturated carbocycles. The van der Waals surface area contributed by atoms with E-state index in [-0.39, 0.29) is 15.8 Å². The van der Waals surface area contributed by atoms with Gasteiger partial charge in [-0.2, -0.15) is 0 Å². The van der Waals surface area contributed by atoms with Crippen molar-refractivity contribution in [1.82, 2.24) is 0 Å². The van der Waals surface area contributed by atoms with E-state index in [0.29, 0.717) is 10.3 Å². The molecule has 186 valence electrons. The number of benzene rings is 2. The van der Waals surface area contributed by atoms with E-state index in [4.69, 9.17) is 0 Å². The standard InChI is InChI=1S/C27H35P2.C5H5.Fe/c1-8-21-19-20-24(25(21)29(26(2,3)4)27(5,6)7)28(22-15-11-9-12-16-22)23-17-13-10-14-18-23;1-2-4-5-3-1;/h9-20H,8H2,1-7H3;1-5H;.